The Hall–Kier alpha value is -1.37. The molecule has 0 bridgehead atoms. The minimum atomic E-state index is 0.127. The van der Waals surface area contributed by atoms with Gasteiger partial charge in [0.25, 0.3) is 0 Å². The van der Waals surface area contributed by atoms with Gasteiger partial charge in [-0.15, -0.1) is 0 Å². The Morgan fingerprint density at radius 1 is 1.00 bits per heavy atom. The van der Waals surface area contributed by atoms with Crippen LogP contribution in [-0.4, -0.2) is 5.78 Å². The predicted octanol–water partition coefficient (Wildman–Crippen LogP) is 5.65. The lowest BCUT2D eigenvalue weighted by Gasteiger charge is -1.98. The van der Waals surface area contributed by atoms with Gasteiger partial charge in [-0.2, -0.15) is 0 Å². The Labute approximate surface area is 117 Å². The van der Waals surface area contributed by atoms with Crippen molar-refractivity contribution in [1.29, 1.82) is 0 Å². The number of carbonyl (C=O) groups excluding carboxylic acids is 1. The topological polar surface area (TPSA) is 17.1 Å². The lowest BCUT2D eigenvalue weighted by atomic mass is 10.1. The highest BCUT2D eigenvalue weighted by molar-refractivity contribution is 5.94. The van der Waals surface area contributed by atoms with E-state index in [-0.39, 0.29) is 5.78 Å². The van der Waals surface area contributed by atoms with Crippen LogP contribution in [0.4, 0.5) is 0 Å². The van der Waals surface area contributed by atoms with Gasteiger partial charge in [0.2, 0.25) is 0 Å². The molecule has 0 aliphatic rings. The number of carbonyl (C=O) groups is 1. The molecular formula is C18H26O. The monoisotopic (exact) mass is 258 g/mol. The summed E-state index contributed by atoms with van der Waals surface area (Å²) < 4.78 is 0. The third-order valence-corrected chi connectivity index (χ3v) is 3.35. The second kappa shape index (κ2) is 9.55. The van der Waals surface area contributed by atoms with Crippen LogP contribution in [0.5, 0.6) is 0 Å². The number of unbranched alkanes of at least 4 members (excludes halogenated alkanes) is 6. The summed E-state index contributed by atoms with van der Waals surface area (Å²) >= 11 is 0. The summed E-state index contributed by atoms with van der Waals surface area (Å²) in [5.74, 6) is 0.127. The summed E-state index contributed by atoms with van der Waals surface area (Å²) in [4.78, 5) is 11.1. The first kappa shape index (κ1) is 15.7. The molecule has 1 nitrogen and oxygen atoms in total. The summed E-state index contributed by atoms with van der Waals surface area (Å²) in [5.41, 5.74) is 1.96. The van der Waals surface area contributed by atoms with Crippen LogP contribution in [0.25, 0.3) is 6.08 Å². The zero-order valence-corrected chi connectivity index (χ0v) is 12.3. The molecule has 0 unspecified atom stereocenters. The predicted molar refractivity (Wildman–Crippen MR) is 83.5 cm³/mol. The minimum Gasteiger partial charge on any atom is -0.295 e. The zero-order valence-electron chi connectivity index (χ0n) is 12.3. The Bertz CT molecular complexity index is 387. The maximum atomic E-state index is 11.1. The van der Waals surface area contributed by atoms with Gasteiger partial charge in [0.05, 0.1) is 0 Å². The molecule has 0 amide bonds. The van der Waals surface area contributed by atoms with Crippen LogP contribution >= 0.6 is 0 Å². The van der Waals surface area contributed by atoms with E-state index in [4.69, 9.17) is 0 Å². The van der Waals surface area contributed by atoms with Gasteiger partial charge < -0.3 is 0 Å². The van der Waals surface area contributed by atoms with Crippen molar-refractivity contribution in [2.45, 2.75) is 58.8 Å². The fourth-order valence-corrected chi connectivity index (χ4v) is 2.09. The molecule has 0 aliphatic carbocycles. The van der Waals surface area contributed by atoms with Crippen molar-refractivity contribution >= 4 is 11.9 Å². The first-order chi connectivity index (χ1) is 9.24. The summed E-state index contributed by atoms with van der Waals surface area (Å²) in [5, 5.41) is 0. The Balaban J connectivity index is 2.20. The van der Waals surface area contributed by atoms with Crippen LogP contribution in [0.2, 0.25) is 0 Å². The third-order valence-electron chi connectivity index (χ3n) is 3.35. The average Bonchev–Trinajstić information content (AvgIpc) is 2.42. The van der Waals surface area contributed by atoms with Gasteiger partial charge in [-0.25, -0.2) is 0 Å². The van der Waals surface area contributed by atoms with Gasteiger partial charge in [-0.3, -0.25) is 4.79 Å². The summed E-state index contributed by atoms with van der Waals surface area (Å²) in [6, 6.07) is 7.81. The van der Waals surface area contributed by atoms with E-state index in [0.29, 0.717) is 0 Å². The SMILES string of the molecule is CCCCCCCC/C=C\c1ccc(C(C)=O)cc1. The van der Waals surface area contributed by atoms with Gasteiger partial charge in [-0.1, -0.05) is 75.4 Å². The molecule has 1 rings (SSSR count). The molecule has 104 valence electrons. The minimum absolute atomic E-state index is 0.127. The molecule has 0 radical (unpaired) electrons. The molecule has 1 heteroatoms. The molecular weight excluding hydrogens is 232 g/mol. The molecule has 0 saturated heterocycles. The van der Waals surface area contributed by atoms with Crippen molar-refractivity contribution in [2.75, 3.05) is 0 Å². The summed E-state index contributed by atoms with van der Waals surface area (Å²) in [6.45, 7) is 3.85. The van der Waals surface area contributed by atoms with E-state index >= 15 is 0 Å². The molecule has 0 spiro atoms. The van der Waals surface area contributed by atoms with E-state index in [1.807, 2.05) is 24.3 Å². The van der Waals surface area contributed by atoms with Crippen LogP contribution in [0.3, 0.4) is 0 Å². The van der Waals surface area contributed by atoms with E-state index in [1.165, 1.54) is 44.1 Å². The maximum Gasteiger partial charge on any atom is 0.159 e. The number of hydrogen-bond acceptors (Lipinski definition) is 1. The van der Waals surface area contributed by atoms with Crippen LogP contribution in [0.1, 0.15) is 74.7 Å². The lowest BCUT2D eigenvalue weighted by molar-refractivity contribution is 0.101. The van der Waals surface area contributed by atoms with E-state index in [0.717, 1.165) is 12.0 Å². The fourth-order valence-electron chi connectivity index (χ4n) is 2.09. The molecule has 0 heterocycles. The van der Waals surface area contributed by atoms with Crippen molar-refractivity contribution in [1.82, 2.24) is 0 Å². The molecule has 0 aromatic heterocycles. The summed E-state index contributed by atoms with van der Waals surface area (Å²) in [7, 11) is 0. The van der Waals surface area contributed by atoms with Crippen LogP contribution in [0, 0.1) is 0 Å². The molecule has 0 N–H and O–H groups in total. The van der Waals surface area contributed by atoms with Gasteiger partial charge in [-0.05, 0) is 25.3 Å². The van der Waals surface area contributed by atoms with Gasteiger partial charge >= 0.3 is 0 Å². The van der Waals surface area contributed by atoms with Crippen LogP contribution in [0.15, 0.2) is 30.3 Å². The highest BCUT2D eigenvalue weighted by Gasteiger charge is 1.96. The second-order valence-electron chi connectivity index (χ2n) is 5.14. The normalized spacial score (nSPS) is 11.1. The maximum absolute atomic E-state index is 11.1. The molecule has 0 fully saturated rings. The third kappa shape index (κ3) is 6.95. The van der Waals surface area contributed by atoms with Crippen LogP contribution in [-0.2, 0) is 0 Å². The smallest absolute Gasteiger partial charge is 0.159 e. The van der Waals surface area contributed by atoms with E-state index < -0.39 is 0 Å². The van der Waals surface area contributed by atoms with Gasteiger partial charge in [0, 0.05) is 5.56 Å². The first-order valence-electron chi connectivity index (χ1n) is 7.51. The van der Waals surface area contributed by atoms with E-state index in [1.54, 1.807) is 6.92 Å². The largest absolute Gasteiger partial charge is 0.295 e. The number of hydrogen-bond donors (Lipinski definition) is 0. The van der Waals surface area contributed by atoms with Crippen molar-refractivity contribution in [2.24, 2.45) is 0 Å². The molecule has 1 aromatic rings. The van der Waals surface area contributed by atoms with E-state index in [2.05, 4.69) is 19.1 Å². The Morgan fingerprint density at radius 3 is 2.26 bits per heavy atom. The van der Waals surface area contributed by atoms with Crippen molar-refractivity contribution in [3.8, 4) is 0 Å². The summed E-state index contributed by atoms with van der Waals surface area (Å²) in [6.07, 6.45) is 13.6. The molecule has 0 aliphatic heterocycles. The number of benzene rings is 1. The highest BCUT2D eigenvalue weighted by atomic mass is 16.1. The fraction of sp³-hybridized carbons (Fsp3) is 0.500. The quantitative estimate of drug-likeness (QED) is 0.413. The van der Waals surface area contributed by atoms with Gasteiger partial charge in [0.1, 0.15) is 0 Å². The van der Waals surface area contributed by atoms with Gasteiger partial charge in [0.15, 0.2) is 5.78 Å². The average molecular weight is 258 g/mol. The molecule has 1 aromatic carbocycles. The molecule has 19 heavy (non-hydrogen) atoms. The van der Waals surface area contributed by atoms with E-state index in [9.17, 15) is 4.79 Å². The Morgan fingerprint density at radius 2 is 1.63 bits per heavy atom. The zero-order chi connectivity index (χ0) is 13.9. The number of rotatable bonds is 9. The van der Waals surface area contributed by atoms with Crippen LogP contribution < -0.4 is 0 Å². The number of Topliss-reactive ketones (excluding diaryl/α,β-unsaturated/α-hetero) is 1. The van der Waals surface area contributed by atoms with Crippen molar-refractivity contribution in [3.63, 3.8) is 0 Å². The van der Waals surface area contributed by atoms with Crippen molar-refractivity contribution < 1.29 is 4.79 Å². The lowest BCUT2D eigenvalue weighted by Crippen LogP contribution is -1.90. The number of allylic oxidation sites excluding steroid dienone is 1. The molecule has 0 atom stereocenters. The molecule has 0 saturated carbocycles. The number of ketones is 1. The Kier molecular flexibility index (Phi) is 7.88. The van der Waals surface area contributed by atoms with Crippen molar-refractivity contribution in [3.05, 3.63) is 41.5 Å². The second-order valence-corrected chi connectivity index (χ2v) is 5.14. The first-order valence-corrected chi connectivity index (χ1v) is 7.51. The highest BCUT2D eigenvalue weighted by Crippen LogP contribution is 2.10. The standard InChI is InChI=1S/C18H26O/c1-3-4-5-6-7-8-9-10-11-17-12-14-18(15-13-17)16(2)19/h10-15H,3-9H2,1-2H3/b11-10-.